The van der Waals surface area contributed by atoms with Crippen molar-refractivity contribution in [2.75, 3.05) is 5.75 Å². The molecule has 0 aromatic heterocycles. The summed E-state index contributed by atoms with van der Waals surface area (Å²) in [7, 11) is 0. The van der Waals surface area contributed by atoms with Crippen molar-refractivity contribution in [3.05, 3.63) is 29.8 Å². The molecule has 1 atom stereocenters. The van der Waals surface area contributed by atoms with Gasteiger partial charge in [0.15, 0.2) is 0 Å². The minimum atomic E-state index is 0.235. The Morgan fingerprint density at radius 2 is 1.74 bits per heavy atom. The van der Waals surface area contributed by atoms with Gasteiger partial charge in [-0.2, -0.15) is 0 Å². The lowest BCUT2D eigenvalue weighted by atomic mass is 9.76. The molecular weight excluding hydrogens is 250 g/mol. The monoisotopic (exact) mass is 277 g/mol. The van der Waals surface area contributed by atoms with Gasteiger partial charge in [-0.05, 0) is 48.1 Å². The molecule has 0 radical (unpaired) electrons. The first-order chi connectivity index (χ1) is 9.24. The molecule has 1 aliphatic rings. The molecule has 0 heterocycles. The van der Waals surface area contributed by atoms with E-state index in [0.29, 0.717) is 5.92 Å². The fourth-order valence-electron chi connectivity index (χ4n) is 3.18. The van der Waals surface area contributed by atoms with Crippen molar-refractivity contribution in [3.8, 4) is 0 Å². The van der Waals surface area contributed by atoms with Crippen molar-refractivity contribution in [2.45, 2.75) is 56.9 Å². The molecule has 1 aromatic carbocycles. The van der Waals surface area contributed by atoms with Crippen LogP contribution < -0.4 is 5.73 Å². The number of hydrogen-bond donors (Lipinski definition) is 1. The summed E-state index contributed by atoms with van der Waals surface area (Å²) < 4.78 is 0. The lowest BCUT2D eigenvalue weighted by Crippen LogP contribution is -2.25. The number of rotatable bonds is 5. The Morgan fingerprint density at radius 3 is 2.26 bits per heavy atom. The maximum absolute atomic E-state index is 6.47. The van der Waals surface area contributed by atoms with Gasteiger partial charge in [-0.15, -0.1) is 11.8 Å². The zero-order valence-electron chi connectivity index (χ0n) is 12.3. The Kier molecular flexibility index (Phi) is 5.77. The summed E-state index contributed by atoms with van der Waals surface area (Å²) in [6, 6.07) is 9.14. The van der Waals surface area contributed by atoms with Crippen molar-refractivity contribution in [1.82, 2.24) is 0 Å². The van der Waals surface area contributed by atoms with Crippen LogP contribution in [0.25, 0.3) is 0 Å². The highest BCUT2D eigenvalue weighted by Crippen LogP contribution is 2.37. The lowest BCUT2D eigenvalue weighted by molar-refractivity contribution is 0.240. The maximum Gasteiger partial charge on any atom is 0.0323 e. The first-order valence-electron chi connectivity index (χ1n) is 7.72. The van der Waals surface area contributed by atoms with Crippen LogP contribution in [0.15, 0.2) is 29.2 Å². The van der Waals surface area contributed by atoms with Crippen molar-refractivity contribution >= 4 is 11.8 Å². The highest BCUT2D eigenvalue weighted by molar-refractivity contribution is 7.99. The van der Waals surface area contributed by atoms with Crippen LogP contribution in [0.1, 0.15) is 57.6 Å². The molecular formula is C17H27NS. The summed E-state index contributed by atoms with van der Waals surface area (Å²) in [6.45, 7) is 4.51. The summed E-state index contributed by atoms with van der Waals surface area (Å²) in [4.78, 5) is 1.35. The molecule has 2 heteroatoms. The smallest absolute Gasteiger partial charge is 0.0323 e. The Labute approximate surface area is 122 Å². The molecule has 1 aromatic rings. The van der Waals surface area contributed by atoms with Crippen LogP contribution in [-0.2, 0) is 0 Å². The molecule has 1 fully saturated rings. The van der Waals surface area contributed by atoms with E-state index in [1.54, 1.807) is 0 Å². The second kappa shape index (κ2) is 7.35. The summed E-state index contributed by atoms with van der Waals surface area (Å²) in [5.41, 5.74) is 7.79. The van der Waals surface area contributed by atoms with E-state index in [0.717, 1.165) is 11.7 Å². The number of benzene rings is 1. The van der Waals surface area contributed by atoms with Crippen molar-refractivity contribution in [2.24, 2.45) is 17.6 Å². The van der Waals surface area contributed by atoms with Gasteiger partial charge in [0.25, 0.3) is 0 Å². The van der Waals surface area contributed by atoms with E-state index in [1.165, 1.54) is 42.6 Å². The third-order valence-corrected chi connectivity index (χ3v) is 5.45. The normalized spacial score (nSPS) is 25.2. The first-order valence-corrected chi connectivity index (χ1v) is 8.71. The van der Waals surface area contributed by atoms with Gasteiger partial charge in [-0.1, -0.05) is 45.2 Å². The van der Waals surface area contributed by atoms with Crippen LogP contribution in [0.5, 0.6) is 0 Å². The quantitative estimate of drug-likeness (QED) is 0.765. The largest absolute Gasteiger partial charge is 0.324 e. The molecule has 1 saturated carbocycles. The van der Waals surface area contributed by atoms with Crippen LogP contribution in [0, 0.1) is 11.8 Å². The van der Waals surface area contributed by atoms with E-state index < -0.39 is 0 Å². The minimum Gasteiger partial charge on any atom is -0.324 e. The predicted octanol–water partition coefficient (Wildman–Crippen LogP) is 5.01. The molecule has 1 unspecified atom stereocenters. The second-order valence-corrected chi connectivity index (χ2v) is 7.05. The van der Waals surface area contributed by atoms with E-state index in [-0.39, 0.29) is 6.04 Å². The SMILES string of the molecule is CCSc1ccc(C(N)C2CCC(CC)CC2)cc1. The number of hydrogen-bond acceptors (Lipinski definition) is 2. The van der Waals surface area contributed by atoms with E-state index in [9.17, 15) is 0 Å². The molecule has 0 aliphatic heterocycles. The highest BCUT2D eigenvalue weighted by atomic mass is 32.2. The van der Waals surface area contributed by atoms with Gasteiger partial charge in [0, 0.05) is 10.9 Å². The average molecular weight is 277 g/mol. The van der Waals surface area contributed by atoms with Crippen LogP contribution >= 0.6 is 11.8 Å². The maximum atomic E-state index is 6.47. The van der Waals surface area contributed by atoms with Gasteiger partial charge < -0.3 is 5.73 Å². The van der Waals surface area contributed by atoms with Gasteiger partial charge >= 0.3 is 0 Å². The zero-order chi connectivity index (χ0) is 13.7. The molecule has 19 heavy (non-hydrogen) atoms. The third kappa shape index (κ3) is 4.00. The fourth-order valence-corrected chi connectivity index (χ4v) is 3.84. The Bertz CT molecular complexity index is 365. The van der Waals surface area contributed by atoms with Crippen LogP contribution in [0.4, 0.5) is 0 Å². The van der Waals surface area contributed by atoms with Crippen molar-refractivity contribution in [3.63, 3.8) is 0 Å². The van der Waals surface area contributed by atoms with E-state index in [2.05, 4.69) is 38.1 Å². The second-order valence-electron chi connectivity index (χ2n) is 5.72. The van der Waals surface area contributed by atoms with Gasteiger partial charge in [0.1, 0.15) is 0 Å². The topological polar surface area (TPSA) is 26.0 Å². The molecule has 0 amide bonds. The van der Waals surface area contributed by atoms with Crippen LogP contribution in [0.3, 0.4) is 0 Å². The first kappa shape index (κ1) is 14.9. The summed E-state index contributed by atoms with van der Waals surface area (Å²) in [5, 5.41) is 0. The molecule has 2 N–H and O–H groups in total. The Morgan fingerprint density at radius 1 is 1.11 bits per heavy atom. The van der Waals surface area contributed by atoms with Gasteiger partial charge in [-0.3, -0.25) is 0 Å². The van der Waals surface area contributed by atoms with Gasteiger partial charge in [0.2, 0.25) is 0 Å². The van der Waals surface area contributed by atoms with Crippen molar-refractivity contribution in [1.29, 1.82) is 0 Å². The van der Waals surface area contributed by atoms with Gasteiger partial charge in [0.05, 0.1) is 0 Å². The van der Waals surface area contributed by atoms with Crippen LogP contribution in [-0.4, -0.2) is 5.75 Å². The molecule has 0 spiro atoms. The molecule has 0 bridgehead atoms. The summed E-state index contributed by atoms with van der Waals surface area (Å²) >= 11 is 1.89. The molecule has 0 saturated heterocycles. The Hall–Kier alpha value is -0.470. The fraction of sp³-hybridized carbons (Fsp3) is 0.647. The van der Waals surface area contributed by atoms with Gasteiger partial charge in [-0.25, -0.2) is 0 Å². The average Bonchev–Trinajstić information content (AvgIpc) is 2.48. The van der Waals surface area contributed by atoms with Crippen LogP contribution in [0.2, 0.25) is 0 Å². The van der Waals surface area contributed by atoms with E-state index in [4.69, 9.17) is 5.73 Å². The zero-order valence-corrected chi connectivity index (χ0v) is 13.1. The minimum absolute atomic E-state index is 0.235. The lowest BCUT2D eigenvalue weighted by Gasteiger charge is -2.32. The van der Waals surface area contributed by atoms with E-state index >= 15 is 0 Å². The number of nitrogens with two attached hydrogens (primary N) is 1. The molecule has 106 valence electrons. The van der Waals surface area contributed by atoms with Crippen molar-refractivity contribution < 1.29 is 0 Å². The molecule has 1 aliphatic carbocycles. The molecule has 2 rings (SSSR count). The number of thioether (sulfide) groups is 1. The Balaban J connectivity index is 1.94. The predicted molar refractivity (Wildman–Crippen MR) is 85.5 cm³/mol. The molecule has 1 nitrogen and oxygen atoms in total. The summed E-state index contributed by atoms with van der Waals surface area (Å²) in [5.74, 6) is 2.77. The highest BCUT2D eigenvalue weighted by Gasteiger charge is 2.25. The third-order valence-electron chi connectivity index (χ3n) is 4.55. The van der Waals surface area contributed by atoms with E-state index in [1.807, 2.05) is 11.8 Å². The standard InChI is InChI=1S/C17H27NS/c1-3-13-5-7-14(8-6-13)17(18)15-9-11-16(12-10-15)19-4-2/h9-14,17H,3-8,18H2,1-2H3. The summed E-state index contributed by atoms with van der Waals surface area (Å²) in [6.07, 6.45) is 6.71.